The summed E-state index contributed by atoms with van der Waals surface area (Å²) in [5.74, 6) is -0.553. The Morgan fingerprint density at radius 2 is 1.88 bits per heavy atom. The van der Waals surface area contributed by atoms with Gasteiger partial charge in [0.2, 0.25) is 0 Å². The van der Waals surface area contributed by atoms with E-state index >= 15 is 0 Å². The number of carbonyl (C=O) groups is 1. The number of nitrogen functional groups attached to an aromatic ring is 1. The molecule has 24 heavy (non-hydrogen) atoms. The molecule has 1 aliphatic rings. The van der Waals surface area contributed by atoms with Crippen LogP contribution in [0.15, 0.2) is 30.5 Å². The molecule has 0 saturated carbocycles. The molecule has 1 aromatic carbocycles. The van der Waals surface area contributed by atoms with Crippen LogP contribution in [0.5, 0.6) is 0 Å². The van der Waals surface area contributed by atoms with E-state index in [0.717, 1.165) is 37.3 Å². The second-order valence-corrected chi connectivity index (χ2v) is 5.81. The van der Waals surface area contributed by atoms with Crippen molar-refractivity contribution in [3.63, 3.8) is 0 Å². The monoisotopic (exact) mass is 324 g/mol. The van der Waals surface area contributed by atoms with Crippen LogP contribution in [0.25, 0.3) is 5.69 Å². The van der Waals surface area contributed by atoms with Crippen LogP contribution >= 0.6 is 0 Å². The van der Waals surface area contributed by atoms with E-state index in [-0.39, 0.29) is 16.9 Å². The molecule has 6 nitrogen and oxygen atoms in total. The quantitative estimate of drug-likeness (QED) is 0.878. The third-order valence-electron chi connectivity index (χ3n) is 4.38. The van der Waals surface area contributed by atoms with E-state index in [1.165, 1.54) is 13.5 Å². The fourth-order valence-electron chi connectivity index (χ4n) is 3.17. The topological polar surface area (TPSA) is 84.3 Å². The first-order chi connectivity index (χ1) is 11.7. The molecule has 124 valence electrons. The predicted molar refractivity (Wildman–Crippen MR) is 92.3 cm³/mol. The van der Waals surface area contributed by atoms with Crippen LogP contribution in [-0.2, 0) is 4.74 Å². The highest BCUT2D eigenvalue weighted by Crippen LogP contribution is 2.31. The van der Waals surface area contributed by atoms with E-state index in [9.17, 15) is 10.1 Å². The van der Waals surface area contributed by atoms with Gasteiger partial charge in [-0.15, -0.1) is 0 Å². The lowest BCUT2D eigenvalue weighted by atomic mass is 10.1. The largest absolute Gasteiger partial charge is 0.464 e. The molecule has 0 bridgehead atoms. The first-order valence-electron chi connectivity index (χ1n) is 8.01. The molecule has 0 spiro atoms. The molecule has 1 saturated heterocycles. The number of nitrogens with zero attached hydrogens (tertiary/aromatic N) is 3. The number of methoxy groups -OCH3 is 1. The summed E-state index contributed by atoms with van der Waals surface area (Å²) in [7, 11) is 1.31. The second kappa shape index (κ2) is 6.67. The average molecular weight is 324 g/mol. The number of hydrogen-bond acceptors (Lipinski definition) is 5. The molecule has 2 aromatic rings. The fraction of sp³-hybridized carbons (Fsp3) is 0.333. The Bertz CT molecular complexity index is 798. The Morgan fingerprint density at radius 3 is 2.50 bits per heavy atom. The lowest BCUT2D eigenvalue weighted by Crippen LogP contribution is -2.30. The molecule has 0 radical (unpaired) electrons. The number of para-hydroxylation sites is 2. The Morgan fingerprint density at radius 1 is 1.21 bits per heavy atom. The molecular formula is C18H20N4O2. The van der Waals surface area contributed by atoms with E-state index in [1.807, 2.05) is 30.3 Å². The van der Waals surface area contributed by atoms with Crippen molar-refractivity contribution in [1.29, 1.82) is 5.26 Å². The maximum Gasteiger partial charge on any atom is 0.357 e. The highest BCUT2D eigenvalue weighted by Gasteiger charge is 2.24. The van der Waals surface area contributed by atoms with Gasteiger partial charge in [0.25, 0.3) is 0 Å². The zero-order chi connectivity index (χ0) is 17.1. The Labute approximate surface area is 141 Å². The number of nitrogens with two attached hydrogens (primary N) is 1. The van der Waals surface area contributed by atoms with Gasteiger partial charge in [-0.25, -0.2) is 4.79 Å². The van der Waals surface area contributed by atoms with Crippen molar-refractivity contribution < 1.29 is 9.53 Å². The van der Waals surface area contributed by atoms with E-state index in [0.29, 0.717) is 0 Å². The van der Waals surface area contributed by atoms with Crippen molar-refractivity contribution in [2.75, 3.05) is 30.8 Å². The van der Waals surface area contributed by atoms with Gasteiger partial charge in [0.05, 0.1) is 29.7 Å². The van der Waals surface area contributed by atoms with Crippen LogP contribution in [0.4, 0.5) is 11.4 Å². The number of carbonyl (C=O) groups excluding carboxylic acids is 1. The van der Waals surface area contributed by atoms with Crippen molar-refractivity contribution >= 4 is 17.3 Å². The van der Waals surface area contributed by atoms with Crippen LogP contribution in [0.1, 0.15) is 35.3 Å². The van der Waals surface area contributed by atoms with Crippen LogP contribution in [-0.4, -0.2) is 30.7 Å². The number of nitriles is 1. The van der Waals surface area contributed by atoms with Crippen LogP contribution in [0.3, 0.4) is 0 Å². The molecule has 6 heteroatoms. The molecule has 3 rings (SSSR count). The number of rotatable bonds is 3. The lowest BCUT2D eigenvalue weighted by molar-refractivity contribution is 0.0593. The van der Waals surface area contributed by atoms with Gasteiger partial charge in [0.1, 0.15) is 6.07 Å². The number of esters is 1. The van der Waals surface area contributed by atoms with Gasteiger partial charge in [-0.05, 0) is 31.4 Å². The summed E-state index contributed by atoms with van der Waals surface area (Å²) in [6.07, 6.45) is 5.14. The normalized spacial score (nSPS) is 14.2. The van der Waals surface area contributed by atoms with Crippen molar-refractivity contribution in [1.82, 2.24) is 4.57 Å². The summed E-state index contributed by atoms with van der Waals surface area (Å²) < 4.78 is 6.53. The Balaban J connectivity index is 2.16. The SMILES string of the molecule is COC(=O)c1c(N)c(C#N)cn1-c1ccccc1N1CCCCC1. The average Bonchev–Trinajstić information content (AvgIpc) is 2.98. The Hall–Kier alpha value is -2.94. The number of benzene rings is 1. The maximum atomic E-state index is 12.2. The zero-order valence-corrected chi connectivity index (χ0v) is 13.7. The Kier molecular flexibility index (Phi) is 4.43. The first-order valence-corrected chi connectivity index (χ1v) is 8.01. The van der Waals surface area contributed by atoms with Gasteiger partial charge in [0.15, 0.2) is 5.69 Å². The third kappa shape index (κ3) is 2.69. The molecule has 0 atom stereocenters. The number of ether oxygens (including phenoxy) is 1. The van der Waals surface area contributed by atoms with Gasteiger partial charge in [-0.3, -0.25) is 0 Å². The van der Waals surface area contributed by atoms with Crippen LogP contribution in [0.2, 0.25) is 0 Å². The summed E-state index contributed by atoms with van der Waals surface area (Å²) >= 11 is 0. The highest BCUT2D eigenvalue weighted by molar-refractivity contribution is 5.96. The number of piperidine rings is 1. The lowest BCUT2D eigenvalue weighted by Gasteiger charge is -2.31. The van der Waals surface area contributed by atoms with Crippen LogP contribution < -0.4 is 10.6 Å². The van der Waals surface area contributed by atoms with Crippen molar-refractivity contribution in [2.45, 2.75) is 19.3 Å². The predicted octanol–water partition coefficient (Wildman–Crippen LogP) is 2.71. The molecule has 0 unspecified atom stereocenters. The van der Waals surface area contributed by atoms with Gasteiger partial charge in [-0.2, -0.15) is 5.26 Å². The summed E-state index contributed by atoms with van der Waals surface area (Å²) in [6, 6.07) is 9.88. The molecule has 1 aliphatic heterocycles. The molecule has 2 heterocycles. The van der Waals surface area contributed by atoms with E-state index in [4.69, 9.17) is 10.5 Å². The number of hydrogen-bond donors (Lipinski definition) is 1. The smallest absolute Gasteiger partial charge is 0.357 e. The highest BCUT2D eigenvalue weighted by atomic mass is 16.5. The minimum absolute atomic E-state index is 0.151. The fourth-order valence-corrected chi connectivity index (χ4v) is 3.17. The zero-order valence-electron chi connectivity index (χ0n) is 13.7. The van der Waals surface area contributed by atoms with Crippen LogP contribution in [0, 0.1) is 11.3 Å². The maximum absolute atomic E-state index is 12.2. The molecule has 0 amide bonds. The van der Waals surface area contributed by atoms with Gasteiger partial charge in [-0.1, -0.05) is 12.1 Å². The van der Waals surface area contributed by atoms with E-state index < -0.39 is 5.97 Å². The third-order valence-corrected chi connectivity index (χ3v) is 4.38. The molecule has 1 fully saturated rings. The summed E-state index contributed by atoms with van der Waals surface area (Å²) in [5.41, 5.74) is 8.47. The second-order valence-electron chi connectivity index (χ2n) is 5.81. The minimum Gasteiger partial charge on any atom is -0.464 e. The van der Waals surface area contributed by atoms with E-state index in [2.05, 4.69) is 4.90 Å². The molecule has 1 aromatic heterocycles. The standard InChI is InChI=1S/C18H20N4O2/c1-24-18(23)17-16(20)13(11-19)12-22(17)15-8-4-3-7-14(15)21-9-5-2-6-10-21/h3-4,7-8,12H,2,5-6,9-10,20H2,1H3. The molecule has 2 N–H and O–H groups in total. The minimum atomic E-state index is -0.553. The summed E-state index contributed by atoms with van der Waals surface area (Å²) in [5, 5.41) is 9.27. The molecule has 0 aliphatic carbocycles. The van der Waals surface area contributed by atoms with Crippen molar-refractivity contribution in [3.8, 4) is 11.8 Å². The summed E-state index contributed by atoms with van der Waals surface area (Å²) in [4.78, 5) is 14.5. The first kappa shape index (κ1) is 15.9. The van der Waals surface area contributed by atoms with Gasteiger partial charge in [0, 0.05) is 19.3 Å². The van der Waals surface area contributed by atoms with Crippen molar-refractivity contribution in [2.24, 2.45) is 0 Å². The number of aromatic nitrogens is 1. The van der Waals surface area contributed by atoms with Crippen molar-refractivity contribution in [3.05, 3.63) is 41.7 Å². The molecular weight excluding hydrogens is 304 g/mol. The number of anilines is 2. The van der Waals surface area contributed by atoms with E-state index in [1.54, 1.807) is 10.8 Å². The van der Waals surface area contributed by atoms with Gasteiger partial charge < -0.3 is 19.9 Å². The van der Waals surface area contributed by atoms with Gasteiger partial charge >= 0.3 is 5.97 Å². The summed E-state index contributed by atoms with van der Waals surface area (Å²) in [6.45, 7) is 1.96.